The Morgan fingerprint density at radius 3 is 2.37 bits per heavy atom. The van der Waals surface area contributed by atoms with Crippen molar-refractivity contribution in [1.29, 1.82) is 0 Å². The Hall–Kier alpha value is -2.07. The zero-order chi connectivity index (χ0) is 13.7. The third kappa shape index (κ3) is 3.69. The Kier molecular flexibility index (Phi) is 4.36. The van der Waals surface area contributed by atoms with Crippen LogP contribution in [0.3, 0.4) is 0 Å². The predicted octanol–water partition coefficient (Wildman–Crippen LogP) is 3.36. The highest BCUT2D eigenvalue weighted by atomic mass is 19.1. The van der Waals surface area contributed by atoms with Crippen LogP contribution in [-0.4, -0.2) is 12.4 Å². The van der Waals surface area contributed by atoms with Gasteiger partial charge in [0.2, 0.25) is 0 Å². The quantitative estimate of drug-likeness (QED) is 0.772. The van der Waals surface area contributed by atoms with Gasteiger partial charge in [-0.2, -0.15) is 0 Å². The van der Waals surface area contributed by atoms with Crippen molar-refractivity contribution in [2.24, 2.45) is 0 Å². The van der Waals surface area contributed by atoms with E-state index in [4.69, 9.17) is 4.74 Å². The lowest BCUT2D eigenvalue weighted by atomic mass is 10.1. The topological polar surface area (TPSA) is 26.3 Å². The van der Waals surface area contributed by atoms with Crippen LogP contribution in [0.1, 0.15) is 15.9 Å². The van der Waals surface area contributed by atoms with Crippen LogP contribution < -0.4 is 0 Å². The molecule has 0 N–H and O–H groups in total. The third-order valence-corrected chi connectivity index (χ3v) is 2.61. The van der Waals surface area contributed by atoms with Gasteiger partial charge in [-0.05, 0) is 30.3 Å². The third-order valence-electron chi connectivity index (χ3n) is 2.61. The molecule has 98 valence electrons. The fourth-order valence-electron chi connectivity index (χ4n) is 1.59. The first-order chi connectivity index (χ1) is 9.16. The Morgan fingerprint density at radius 2 is 1.68 bits per heavy atom. The minimum Gasteiger partial charge on any atom is -0.369 e. The van der Waals surface area contributed by atoms with Crippen molar-refractivity contribution in [3.8, 4) is 0 Å². The molecule has 2 nitrogen and oxygen atoms in total. The van der Waals surface area contributed by atoms with Gasteiger partial charge in [0.1, 0.15) is 18.2 Å². The number of ketones is 1. The zero-order valence-corrected chi connectivity index (χ0v) is 10.1. The van der Waals surface area contributed by atoms with Crippen LogP contribution in [-0.2, 0) is 11.3 Å². The van der Waals surface area contributed by atoms with Gasteiger partial charge in [0, 0.05) is 11.1 Å². The van der Waals surface area contributed by atoms with Crippen LogP contribution in [0.15, 0.2) is 48.5 Å². The minimum absolute atomic E-state index is 0.0274. The Bertz CT molecular complexity index is 565. The average molecular weight is 262 g/mol. The van der Waals surface area contributed by atoms with Crippen molar-refractivity contribution in [3.63, 3.8) is 0 Å². The van der Waals surface area contributed by atoms with Crippen molar-refractivity contribution >= 4 is 5.78 Å². The van der Waals surface area contributed by atoms with E-state index in [1.807, 2.05) is 0 Å². The normalized spacial score (nSPS) is 10.4. The monoisotopic (exact) mass is 262 g/mol. The molecule has 0 heterocycles. The first-order valence-electron chi connectivity index (χ1n) is 5.77. The molecule has 0 saturated carbocycles. The Labute approximate surface area is 109 Å². The number of halogens is 2. The Balaban J connectivity index is 1.88. The van der Waals surface area contributed by atoms with Gasteiger partial charge in [0.25, 0.3) is 0 Å². The number of rotatable bonds is 5. The van der Waals surface area contributed by atoms with Crippen molar-refractivity contribution < 1.29 is 18.3 Å². The molecule has 0 aromatic heterocycles. The summed E-state index contributed by atoms with van der Waals surface area (Å²) >= 11 is 0. The lowest BCUT2D eigenvalue weighted by molar-refractivity contribution is 0.0721. The fraction of sp³-hybridized carbons (Fsp3) is 0.133. The van der Waals surface area contributed by atoms with Crippen LogP contribution in [0.2, 0.25) is 0 Å². The second kappa shape index (κ2) is 6.20. The molecule has 0 fully saturated rings. The van der Waals surface area contributed by atoms with Crippen molar-refractivity contribution in [2.45, 2.75) is 6.61 Å². The molecule has 0 aliphatic heterocycles. The highest BCUT2D eigenvalue weighted by Gasteiger charge is 2.07. The van der Waals surface area contributed by atoms with Gasteiger partial charge in [0.15, 0.2) is 5.78 Å². The summed E-state index contributed by atoms with van der Waals surface area (Å²) in [7, 11) is 0. The molecule has 4 heteroatoms. The largest absolute Gasteiger partial charge is 0.369 e. The van der Waals surface area contributed by atoms with Gasteiger partial charge >= 0.3 is 0 Å². The number of benzene rings is 2. The molecule has 2 rings (SSSR count). The lowest BCUT2D eigenvalue weighted by Gasteiger charge is -2.05. The highest BCUT2D eigenvalue weighted by molar-refractivity contribution is 5.97. The van der Waals surface area contributed by atoms with Gasteiger partial charge in [-0.15, -0.1) is 0 Å². The number of Topliss-reactive ketones (excluding diaryl/α,β-unsaturated/α-hetero) is 1. The van der Waals surface area contributed by atoms with Gasteiger partial charge < -0.3 is 4.74 Å². The fourth-order valence-corrected chi connectivity index (χ4v) is 1.59. The minimum atomic E-state index is -0.399. The maximum Gasteiger partial charge on any atom is 0.188 e. The van der Waals surface area contributed by atoms with E-state index in [-0.39, 0.29) is 24.8 Å². The number of hydrogen-bond acceptors (Lipinski definition) is 2. The second-order valence-corrected chi connectivity index (χ2v) is 4.01. The van der Waals surface area contributed by atoms with E-state index >= 15 is 0 Å². The number of ether oxygens (including phenoxy) is 1. The number of carbonyl (C=O) groups is 1. The summed E-state index contributed by atoms with van der Waals surface area (Å²) in [6.45, 7) is -0.139. The van der Waals surface area contributed by atoms with Crippen LogP contribution in [0.5, 0.6) is 0 Å². The van der Waals surface area contributed by atoms with E-state index in [1.165, 1.54) is 30.3 Å². The van der Waals surface area contributed by atoms with E-state index in [1.54, 1.807) is 18.2 Å². The average Bonchev–Trinajstić information content (AvgIpc) is 2.41. The lowest BCUT2D eigenvalue weighted by Crippen LogP contribution is -2.09. The maximum atomic E-state index is 13.3. The van der Waals surface area contributed by atoms with Crippen LogP contribution in [0.4, 0.5) is 8.78 Å². The zero-order valence-electron chi connectivity index (χ0n) is 10.1. The molecule has 0 spiro atoms. The van der Waals surface area contributed by atoms with E-state index in [0.29, 0.717) is 11.1 Å². The molecule has 0 bridgehead atoms. The molecule has 2 aromatic rings. The van der Waals surface area contributed by atoms with E-state index in [9.17, 15) is 13.6 Å². The Morgan fingerprint density at radius 1 is 1.00 bits per heavy atom. The van der Waals surface area contributed by atoms with Crippen molar-refractivity contribution in [2.75, 3.05) is 6.61 Å². The van der Waals surface area contributed by atoms with Crippen LogP contribution in [0, 0.1) is 11.6 Å². The molecular formula is C15H12F2O2. The van der Waals surface area contributed by atoms with E-state index < -0.39 is 5.82 Å². The van der Waals surface area contributed by atoms with Crippen molar-refractivity contribution in [1.82, 2.24) is 0 Å². The van der Waals surface area contributed by atoms with Gasteiger partial charge in [-0.25, -0.2) is 8.78 Å². The predicted molar refractivity (Wildman–Crippen MR) is 66.8 cm³/mol. The summed E-state index contributed by atoms with van der Waals surface area (Å²) in [6, 6.07) is 11.4. The summed E-state index contributed by atoms with van der Waals surface area (Å²) in [5.41, 5.74) is 0.768. The molecule has 0 aliphatic carbocycles. The van der Waals surface area contributed by atoms with E-state index in [2.05, 4.69) is 0 Å². The number of carbonyl (C=O) groups excluding carboxylic acids is 1. The molecule has 19 heavy (non-hydrogen) atoms. The molecule has 0 amide bonds. The molecule has 0 unspecified atom stereocenters. The molecule has 0 saturated heterocycles. The first-order valence-corrected chi connectivity index (χ1v) is 5.77. The maximum absolute atomic E-state index is 13.3. The SMILES string of the molecule is O=C(COCc1ccccc1F)c1ccc(F)cc1. The summed E-state index contributed by atoms with van der Waals surface area (Å²) in [5.74, 6) is -1.03. The van der Waals surface area contributed by atoms with E-state index in [0.717, 1.165) is 0 Å². The summed E-state index contributed by atoms with van der Waals surface area (Å²) in [4.78, 5) is 11.7. The van der Waals surface area contributed by atoms with Crippen molar-refractivity contribution in [3.05, 3.63) is 71.3 Å². The van der Waals surface area contributed by atoms with Gasteiger partial charge in [0.05, 0.1) is 6.61 Å². The molecule has 2 aromatic carbocycles. The first kappa shape index (κ1) is 13.4. The summed E-state index contributed by atoms with van der Waals surface area (Å²) < 4.78 is 31.1. The van der Waals surface area contributed by atoms with Crippen LogP contribution >= 0.6 is 0 Å². The number of hydrogen-bond donors (Lipinski definition) is 0. The highest BCUT2D eigenvalue weighted by Crippen LogP contribution is 2.09. The molecule has 0 radical (unpaired) electrons. The molecule has 0 aliphatic rings. The van der Waals surface area contributed by atoms with Gasteiger partial charge in [-0.1, -0.05) is 18.2 Å². The summed E-state index contributed by atoms with van der Waals surface area (Å²) in [5, 5.41) is 0. The summed E-state index contributed by atoms with van der Waals surface area (Å²) in [6.07, 6.45) is 0. The molecular weight excluding hydrogens is 250 g/mol. The standard InChI is InChI=1S/C15H12F2O2/c16-13-7-5-11(6-8-13)15(18)10-19-9-12-3-1-2-4-14(12)17/h1-8H,9-10H2. The van der Waals surface area contributed by atoms with Crippen LogP contribution in [0.25, 0.3) is 0 Å². The second-order valence-electron chi connectivity index (χ2n) is 4.01. The smallest absolute Gasteiger partial charge is 0.188 e. The molecule has 0 atom stereocenters. The van der Waals surface area contributed by atoms with Gasteiger partial charge in [-0.3, -0.25) is 4.79 Å².